The molecule has 1 aliphatic rings. The number of nitrogens with two attached hydrogens (primary N) is 1. The van der Waals surface area contributed by atoms with E-state index in [1.807, 2.05) is 6.92 Å². The zero-order valence-electron chi connectivity index (χ0n) is 12.8. The number of nitrogens with one attached hydrogen (secondary N) is 1. The van der Waals surface area contributed by atoms with Crippen molar-refractivity contribution in [1.82, 2.24) is 10.2 Å². The van der Waals surface area contributed by atoms with Crippen molar-refractivity contribution in [3.8, 4) is 11.5 Å². The van der Waals surface area contributed by atoms with E-state index in [4.69, 9.17) is 27.4 Å². The highest BCUT2D eigenvalue weighted by atomic mass is 32.1. The zero-order valence-corrected chi connectivity index (χ0v) is 13.6. The van der Waals surface area contributed by atoms with Crippen molar-refractivity contribution in [2.75, 3.05) is 20.3 Å². The summed E-state index contributed by atoms with van der Waals surface area (Å²) in [5.41, 5.74) is 6.17. The van der Waals surface area contributed by atoms with Crippen LogP contribution in [0.15, 0.2) is 23.9 Å². The summed E-state index contributed by atoms with van der Waals surface area (Å²) >= 11 is 5.10. The van der Waals surface area contributed by atoms with E-state index in [2.05, 4.69) is 5.32 Å². The number of nitrogens with zero attached hydrogens (tertiary/aromatic N) is 1. The topological polar surface area (TPSA) is 93.9 Å². The third-order valence-corrected chi connectivity index (χ3v) is 3.47. The lowest BCUT2D eigenvalue weighted by Gasteiger charge is -2.10. The molecule has 1 aromatic carbocycles. The molecule has 2 rings (SSSR count). The second-order valence-corrected chi connectivity index (χ2v) is 5.09. The highest BCUT2D eigenvalue weighted by Crippen LogP contribution is 2.29. The molecular formula is C15H17N3O4S. The summed E-state index contributed by atoms with van der Waals surface area (Å²) in [6.07, 6.45) is 1.67. The second kappa shape index (κ2) is 7.10. The molecule has 3 N–H and O–H groups in total. The Bertz CT molecular complexity index is 687. The summed E-state index contributed by atoms with van der Waals surface area (Å²) in [7, 11) is 1.48. The average Bonchev–Trinajstić information content (AvgIpc) is 2.79. The number of hydrogen-bond donors (Lipinski definition) is 2. The third-order valence-electron chi connectivity index (χ3n) is 3.15. The second-order valence-electron chi connectivity index (χ2n) is 4.70. The van der Waals surface area contributed by atoms with Crippen LogP contribution in [0.4, 0.5) is 0 Å². The number of rotatable bonds is 6. The van der Waals surface area contributed by atoms with Crippen molar-refractivity contribution in [1.29, 1.82) is 0 Å². The van der Waals surface area contributed by atoms with Gasteiger partial charge in [0, 0.05) is 6.54 Å². The van der Waals surface area contributed by atoms with Crippen molar-refractivity contribution >= 4 is 35.2 Å². The Morgan fingerprint density at radius 1 is 1.43 bits per heavy atom. The van der Waals surface area contributed by atoms with Crippen LogP contribution in [0, 0.1) is 0 Å². The van der Waals surface area contributed by atoms with Gasteiger partial charge in [-0.25, -0.2) is 0 Å². The number of methoxy groups -OCH3 is 1. The highest BCUT2D eigenvalue weighted by molar-refractivity contribution is 7.80. The molecule has 0 aliphatic carbocycles. The van der Waals surface area contributed by atoms with Crippen LogP contribution in [-0.2, 0) is 9.59 Å². The van der Waals surface area contributed by atoms with Gasteiger partial charge in [-0.1, -0.05) is 6.07 Å². The van der Waals surface area contributed by atoms with Gasteiger partial charge in [-0.05, 0) is 42.9 Å². The Hall–Kier alpha value is -2.61. The summed E-state index contributed by atoms with van der Waals surface area (Å²) in [5, 5.41) is 3.27. The summed E-state index contributed by atoms with van der Waals surface area (Å²) < 4.78 is 10.5. The maximum atomic E-state index is 12.2. The Balaban J connectivity index is 2.24. The number of amides is 2. The van der Waals surface area contributed by atoms with Crippen molar-refractivity contribution in [3.05, 3.63) is 29.5 Å². The van der Waals surface area contributed by atoms with Gasteiger partial charge in [0.15, 0.2) is 23.2 Å². The van der Waals surface area contributed by atoms with E-state index in [0.717, 1.165) is 5.56 Å². The van der Waals surface area contributed by atoms with Gasteiger partial charge in [0.1, 0.15) is 5.70 Å². The predicted molar refractivity (Wildman–Crippen MR) is 88.8 cm³/mol. The molecule has 122 valence electrons. The van der Waals surface area contributed by atoms with Crippen molar-refractivity contribution in [3.63, 3.8) is 0 Å². The summed E-state index contributed by atoms with van der Waals surface area (Å²) in [5.74, 6) is 0.0727. The Labute approximate surface area is 139 Å². The van der Waals surface area contributed by atoms with Gasteiger partial charge in [-0.3, -0.25) is 14.5 Å². The van der Waals surface area contributed by atoms with Crippen molar-refractivity contribution in [2.45, 2.75) is 6.92 Å². The minimum Gasteiger partial charge on any atom is -0.493 e. The number of benzene rings is 1. The van der Waals surface area contributed by atoms with E-state index in [1.54, 1.807) is 24.3 Å². The lowest BCUT2D eigenvalue weighted by molar-refractivity contribution is -0.122. The highest BCUT2D eigenvalue weighted by Gasteiger charge is 2.29. The number of carbonyl (C=O) groups is 2. The summed E-state index contributed by atoms with van der Waals surface area (Å²) in [6.45, 7) is 2.12. The van der Waals surface area contributed by atoms with E-state index in [1.165, 1.54) is 12.0 Å². The SMILES string of the molecule is CCN1C(=O)/C(=C\c2ccc(OCC(N)=O)c(OC)c2)NC1=S. The maximum absolute atomic E-state index is 12.2. The molecule has 1 aromatic rings. The molecule has 1 aliphatic heterocycles. The van der Waals surface area contributed by atoms with E-state index >= 15 is 0 Å². The van der Waals surface area contributed by atoms with Gasteiger partial charge in [0.25, 0.3) is 11.8 Å². The summed E-state index contributed by atoms with van der Waals surface area (Å²) in [6, 6.07) is 5.07. The standard InChI is InChI=1S/C15H17N3O4S/c1-3-18-14(20)10(17-15(18)23)6-9-4-5-11(12(7-9)21-2)22-8-13(16)19/h4-7H,3,8H2,1-2H3,(H2,16,19)(H,17,23)/b10-6+. The number of likely N-dealkylation sites (N-methyl/N-ethyl adjacent to an activating group) is 1. The smallest absolute Gasteiger partial charge is 0.276 e. The monoisotopic (exact) mass is 335 g/mol. The first-order valence-electron chi connectivity index (χ1n) is 6.90. The Morgan fingerprint density at radius 2 is 2.17 bits per heavy atom. The molecule has 0 atom stereocenters. The molecule has 1 saturated heterocycles. The largest absolute Gasteiger partial charge is 0.493 e. The number of primary amides is 1. The molecular weight excluding hydrogens is 318 g/mol. The first-order valence-corrected chi connectivity index (χ1v) is 7.30. The molecule has 0 radical (unpaired) electrons. The van der Waals surface area contributed by atoms with Crippen LogP contribution in [0.1, 0.15) is 12.5 Å². The lowest BCUT2D eigenvalue weighted by Crippen LogP contribution is -2.30. The Morgan fingerprint density at radius 3 is 2.74 bits per heavy atom. The van der Waals surface area contributed by atoms with E-state index in [0.29, 0.717) is 28.9 Å². The van der Waals surface area contributed by atoms with E-state index < -0.39 is 5.91 Å². The van der Waals surface area contributed by atoms with Crippen LogP contribution >= 0.6 is 12.2 Å². The van der Waals surface area contributed by atoms with Crippen LogP contribution in [0.3, 0.4) is 0 Å². The van der Waals surface area contributed by atoms with E-state index in [-0.39, 0.29) is 12.5 Å². The normalized spacial score (nSPS) is 15.7. The number of thiocarbonyl (C=S) groups is 1. The van der Waals surface area contributed by atoms with Crippen LogP contribution in [0.25, 0.3) is 6.08 Å². The molecule has 2 amide bonds. The molecule has 23 heavy (non-hydrogen) atoms. The predicted octanol–water partition coefficient (Wildman–Crippen LogP) is 0.637. The minimum atomic E-state index is -0.577. The molecule has 0 aromatic heterocycles. The molecule has 1 heterocycles. The molecule has 0 saturated carbocycles. The quantitative estimate of drug-likeness (QED) is 0.585. The maximum Gasteiger partial charge on any atom is 0.276 e. The van der Waals surface area contributed by atoms with Gasteiger partial charge in [-0.15, -0.1) is 0 Å². The number of hydrogen-bond acceptors (Lipinski definition) is 5. The van der Waals surface area contributed by atoms with Crippen molar-refractivity contribution in [2.24, 2.45) is 5.73 Å². The fourth-order valence-corrected chi connectivity index (χ4v) is 2.39. The minimum absolute atomic E-state index is 0.175. The van der Waals surface area contributed by atoms with Crippen LogP contribution in [-0.4, -0.2) is 42.1 Å². The molecule has 0 bridgehead atoms. The van der Waals surface area contributed by atoms with Gasteiger partial charge >= 0.3 is 0 Å². The van der Waals surface area contributed by atoms with Gasteiger partial charge in [-0.2, -0.15) is 0 Å². The molecule has 8 heteroatoms. The van der Waals surface area contributed by atoms with Crippen molar-refractivity contribution < 1.29 is 19.1 Å². The first-order chi connectivity index (χ1) is 11.0. The Kier molecular flexibility index (Phi) is 5.17. The number of ether oxygens (including phenoxy) is 2. The third kappa shape index (κ3) is 3.78. The van der Waals surface area contributed by atoms with Gasteiger partial charge in [0.05, 0.1) is 7.11 Å². The van der Waals surface area contributed by atoms with Crippen LogP contribution in [0.5, 0.6) is 11.5 Å². The van der Waals surface area contributed by atoms with Crippen LogP contribution < -0.4 is 20.5 Å². The molecule has 0 spiro atoms. The fraction of sp³-hybridized carbons (Fsp3) is 0.267. The van der Waals surface area contributed by atoms with E-state index in [9.17, 15) is 9.59 Å². The molecule has 7 nitrogen and oxygen atoms in total. The number of carbonyl (C=O) groups excluding carboxylic acids is 2. The van der Waals surface area contributed by atoms with Gasteiger partial charge in [0.2, 0.25) is 0 Å². The fourth-order valence-electron chi connectivity index (χ4n) is 2.07. The molecule has 0 unspecified atom stereocenters. The summed E-state index contributed by atoms with van der Waals surface area (Å²) in [4.78, 5) is 24.4. The first kappa shape index (κ1) is 16.8. The average molecular weight is 335 g/mol. The lowest BCUT2D eigenvalue weighted by atomic mass is 10.1. The van der Waals surface area contributed by atoms with Gasteiger partial charge < -0.3 is 20.5 Å². The molecule has 1 fully saturated rings. The zero-order chi connectivity index (χ0) is 17.0. The van der Waals surface area contributed by atoms with Crippen LogP contribution in [0.2, 0.25) is 0 Å².